The summed E-state index contributed by atoms with van der Waals surface area (Å²) in [5.74, 6) is -0.619. The molecule has 23 heavy (non-hydrogen) atoms. The largest absolute Gasteiger partial charge is 0.391 e. The van der Waals surface area contributed by atoms with Crippen molar-refractivity contribution in [3.05, 3.63) is 52.6 Å². The summed E-state index contributed by atoms with van der Waals surface area (Å²) in [6, 6.07) is 6.57. The first-order valence-electron chi connectivity index (χ1n) is 7.46. The van der Waals surface area contributed by atoms with Gasteiger partial charge in [-0.1, -0.05) is 29.8 Å². The lowest BCUT2D eigenvalue weighted by Crippen LogP contribution is -2.47. The van der Waals surface area contributed by atoms with E-state index in [0.29, 0.717) is 24.9 Å². The van der Waals surface area contributed by atoms with E-state index in [2.05, 4.69) is 10.2 Å². The molecule has 1 saturated heterocycles. The fraction of sp³-hybridized carbons (Fsp3) is 0.375. The molecule has 1 aliphatic rings. The van der Waals surface area contributed by atoms with Gasteiger partial charge in [-0.15, -0.1) is 0 Å². The fourth-order valence-electron chi connectivity index (χ4n) is 2.93. The van der Waals surface area contributed by atoms with Gasteiger partial charge in [-0.05, 0) is 30.4 Å². The van der Waals surface area contributed by atoms with Crippen molar-refractivity contribution in [2.45, 2.75) is 18.9 Å². The summed E-state index contributed by atoms with van der Waals surface area (Å²) < 4.78 is 13.7. The summed E-state index contributed by atoms with van der Waals surface area (Å²) in [7, 11) is 0. The van der Waals surface area contributed by atoms with Gasteiger partial charge in [-0.3, -0.25) is 9.89 Å². The number of benzene rings is 1. The highest BCUT2D eigenvalue weighted by Gasteiger charge is 2.32. The standard InChI is InChI=1S/C16H17ClFN3O2/c17-12-8-19-20-15(12)16(23)21-6-5-11(14(22)9-21)7-10-3-1-2-4-13(10)18/h1-4,8,11,14,22H,5-7,9H2,(H,19,20)/t11-,14+/m1/s1. The predicted molar refractivity (Wildman–Crippen MR) is 83.7 cm³/mol. The maximum Gasteiger partial charge on any atom is 0.273 e. The van der Waals surface area contributed by atoms with Crippen molar-refractivity contribution in [3.8, 4) is 0 Å². The highest BCUT2D eigenvalue weighted by Crippen LogP contribution is 2.25. The highest BCUT2D eigenvalue weighted by molar-refractivity contribution is 6.33. The highest BCUT2D eigenvalue weighted by atomic mass is 35.5. The van der Waals surface area contributed by atoms with Crippen LogP contribution in [0.15, 0.2) is 30.5 Å². The second kappa shape index (κ2) is 6.68. The number of nitrogens with one attached hydrogen (secondary N) is 1. The maximum atomic E-state index is 13.7. The number of rotatable bonds is 3. The van der Waals surface area contributed by atoms with E-state index in [1.807, 2.05) is 0 Å². The zero-order chi connectivity index (χ0) is 16.4. The zero-order valence-corrected chi connectivity index (χ0v) is 13.1. The van der Waals surface area contributed by atoms with Crippen LogP contribution in [-0.2, 0) is 6.42 Å². The van der Waals surface area contributed by atoms with Gasteiger partial charge in [0.15, 0.2) is 0 Å². The van der Waals surface area contributed by atoms with Gasteiger partial charge in [-0.25, -0.2) is 4.39 Å². The van der Waals surface area contributed by atoms with Crippen LogP contribution in [0, 0.1) is 11.7 Å². The number of aliphatic hydroxyl groups is 1. The Morgan fingerprint density at radius 3 is 2.91 bits per heavy atom. The second-order valence-corrected chi connectivity index (χ2v) is 6.16. The number of aromatic nitrogens is 2. The summed E-state index contributed by atoms with van der Waals surface area (Å²) >= 11 is 5.90. The minimum absolute atomic E-state index is 0.0758. The molecule has 0 unspecified atom stereocenters. The van der Waals surface area contributed by atoms with Crippen LogP contribution in [0.3, 0.4) is 0 Å². The van der Waals surface area contributed by atoms with E-state index < -0.39 is 6.10 Å². The van der Waals surface area contributed by atoms with Crippen LogP contribution in [0.4, 0.5) is 4.39 Å². The van der Waals surface area contributed by atoms with Crippen LogP contribution >= 0.6 is 11.6 Å². The van der Waals surface area contributed by atoms with Crippen molar-refractivity contribution in [3.63, 3.8) is 0 Å². The summed E-state index contributed by atoms with van der Waals surface area (Å²) in [6.45, 7) is 0.692. The molecule has 1 amide bonds. The number of aromatic amines is 1. The van der Waals surface area contributed by atoms with Crippen LogP contribution in [0.1, 0.15) is 22.5 Å². The van der Waals surface area contributed by atoms with E-state index in [0.717, 1.165) is 0 Å². The number of amides is 1. The minimum Gasteiger partial charge on any atom is -0.391 e. The van der Waals surface area contributed by atoms with E-state index in [1.54, 1.807) is 23.1 Å². The van der Waals surface area contributed by atoms with Crippen molar-refractivity contribution < 1.29 is 14.3 Å². The molecule has 1 aliphatic heterocycles. The van der Waals surface area contributed by atoms with Gasteiger partial charge in [0.25, 0.3) is 5.91 Å². The first-order chi connectivity index (χ1) is 11.1. The summed E-state index contributed by atoms with van der Waals surface area (Å²) in [5.41, 5.74) is 0.819. The third kappa shape index (κ3) is 3.38. The molecule has 1 fully saturated rings. The summed E-state index contributed by atoms with van der Waals surface area (Å²) in [6.07, 6.45) is 1.73. The molecule has 0 saturated carbocycles. The Morgan fingerprint density at radius 2 is 2.26 bits per heavy atom. The molecule has 2 aromatic rings. The Bertz CT molecular complexity index is 706. The first kappa shape index (κ1) is 16.0. The molecule has 0 bridgehead atoms. The molecule has 122 valence electrons. The van der Waals surface area contributed by atoms with Gasteiger partial charge in [0.05, 0.1) is 17.3 Å². The zero-order valence-electron chi connectivity index (χ0n) is 12.4. The average Bonchev–Trinajstić information content (AvgIpc) is 2.96. The van der Waals surface area contributed by atoms with Crippen molar-refractivity contribution in [2.75, 3.05) is 13.1 Å². The molecule has 0 radical (unpaired) electrons. The number of carbonyl (C=O) groups is 1. The summed E-state index contributed by atoms with van der Waals surface area (Å²) in [4.78, 5) is 13.9. The van der Waals surface area contributed by atoms with Crippen molar-refractivity contribution in [2.24, 2.45) is 5.92 Å². The normalized spacial score (nSPS) is 21.4. The number of halogens is 2. The van der Waals surface area contributed by atoms with Crippen LogP contribution in [0.25, 0.3) is 0 Å². The van der Waals surface area contributed by atoms with Gasteiger partial charge in [0.2, 0.25) is 0 Å². The second-order valence-electron chi connectivity index (χ2n) is 5.76. The van der Waals surface area contributed by atoms with E-state index in [1.165, 1.54) is 12.3 Å². The number of piperidine rings is 1. The van der Waals surface area contributed by atoms with Gasteiger partial charge in [-0.2, -0.15) is 5.10 Å². The molecule has 2 atom stereocenters. The van der Waals surface area contributed by atoms with Gasteiger partial charge in [0, 0.05) is 13.1 Å². The van der Waals surface area contributed by atoms with E-state index in [9.17, 15) is 14.3 Å². The van der Waals surface area contributed by atoms with E-state index in [-0.39, 0.29) is 34.9 Å². The Kier molecular flexibility index (Phi) is 4.63. The monoisotopic (exact) mass is 337 g/mol. The topological polar surface area (TPSA) is 69.2 Å². The lowest BCUT2D eigenvalue weighted by atomic mass is 9.87. The maximum absolute atomic E-state index is 13.7. The third-order valence-corrected chi connectivity index (χ3v) is 4.54. The number of nitrogens with zero attached hydrogens (tertiary/aromatic N) is 2. The Hall–Kier alpha value is -1.92. The molecule has 0 aliphatic carbocycles. The van der Waals surface area contributed by atoms with Crippen LogP contribution in [0.2, 0.25) is 5.02 Å². The molecular formula is C16H17ClFN3O2. The van der Waals surface area contributed by atoms with Crippen molar-refractivity contribution in [1.29, 1.82) is 0 Å². The average molecular weight is 338 g/mol. The molecule has 1 aromatic heterocycles. The Labute approximate surface area is 138 Å². The molecule has 7 heteroatoms. The molecule has 2 heterocycles. The van der Waals surface area contributed by atoms with Crippen LogP contribution < -0.4 is 0 Å². The lowest BCUT2D eigenvalue weighted by molar-refractivity contribution is 0.0193. The molecule has 0 spiro atoms. The fourth-order valence-corrected chi connectivity index (χ4v) is 3.10. The molecule has 3 rings (SSSR count). The third-order valence-electron chi connectivity index (χ3n) is 4.26. The Balaban J connectivity index is 1.65. The van der Waals surface area contributed by atoms with Crippen molar-refractivity contribution in [1.82, 2.24) is 15.1 Å². The number of β-amino-alcohol motifs (C(OH)–C–C–N with tert-alkyl or cyclic N) is 1. The molecule has 5 nitrogen and oxygen atoms in total. The van der Waals surface area contributed by atoms with Crippen LogP contribution in [0.5, 0.6) is 0 Å². The van der Waals surface area contributed by atoms with Crippen molar-refractivity contribution >= 4 is 17.5 Å². The predicted octanol–water partition coefficient (Wildman–Crippen LogP) is 2.27. The molecule has 2 N–H and O–H groups in total. The number of likely N-dealkylation sites (tertiary alicyclic amines) is 1. The lowest BCUT2D eigenvalue weighted by Gasteiger charge is -2.36. The summed E-state index contributed by atoms with van der Waals surface area (Å²) in [5, 5.41) is 16.9. The van der Waals surface area contributed by atoms with Gasteiger partial charge >= 0.3 is 0 Å². The van der Waals surface area contributed by atoms with E-state index >= 15 is 0 Å². The smallest absolute Gasteiger partial charge is 0.273 e. The number of H-pyrrole nitrogens is 1. The van der Waals surface area contributed by atoms with Gasteiger partial charge in [0.1, 0.15) is 11.5 Å². The quantitative estimate of drug-likeness (QED) is 0.902. The Morgan fingerprint density at radius 1 is 1.48 bits per heavy atom. The number of hydrogen-bond donors (Lipinski definition) is 2. The number of carbonyl (C=O) groups excluding carboxylic acids is 1. The SMILES string of the molecule is O=C(c1[nH]ncc1Cl)N1CC[C@H](Cc2ccccc2F)[C@@H](O)C1. The van der Waals surface area contributed by atoms with Crippen LogP contribution in [-0.4, -0.2) is 45.3 Å². The molecule has 1 aromatic carbocycles. The van der Waals surface area contributed by atoms with Gasteiger partial charge < -0.3 is 10.0 Å². The molecular weight excluding hydrogens is 321 g/mol. The number of aliphatic hydroxyl groups excluding tert-OH is 1. The number of hydrogen-bond acceptors (Lipinski definition) is 3. The first-order valence-corrected chi connectivity index (χ1v) is 7.83. The minimum atomic E-state index is -0.700. The van der Waals surface area contributed by atoms with E-state index in [4.69, 9.17) is 11.6 Å².